The van der Waals surface area contributed by atoms with Gasteiger partial charge < -0.3 is 39.4 Å². The highest BCUT2D eigenvalue weighted by Crippen LogP contribution is 2.29. The maximum absolute atomic E-state index is 10.6. The van der Waals surface area contributed by atoms with Crippen LogP contribution in [0.5, 0.6) is 0 Å². The number of rotatable bonds is 12. The van der Waals surface area contributed by atoms with Crippen molar-refractivity contribution in [1.29, 1.82) is 0 Å². The summed E-state index contributed by atoms with van der Waals surface area (Å²) >= 11 is 0. The molecule has 0 spiro atoms. The van der Waals surface area contributed by atoms with Gasteiger partial charge in [0.1, 0.15) is 0 Å². The average molecular weight is 435 g/mol. The van der Waals surface area contributed by atoms with Gasteiger partial charge in [0.2, 0.25) is 0 Å². The molecule has 4 N–H and O–H groups in total. The van der Waals surface area contributed by atoms with Gasteiger partial charge in [-0.1, -0.05) is 13.8 Å². The van der Waals surface area contributed by atoms with Gasteiger partial charge in [-0.15, -0.1) is 0 Å². The fraction of sp³-hybridized carbons (Fsp3) is 1.00. The van der Waals surface area contributed by atoms with E-state index in [2.05, 4.69) is 6.92 Å². The van der Waals surface area contributed by atoms with Crippen LogP contribution in [0.1, 0.15) is 66.2 Å². The summed E-state index contributed by atoms with van der Waals surface area (Å²) in [6.07, 6.45) is 0.204. The van der Waals surface area contributed by atoms with Gasteiger partial charge >= 0.3 is 0 Å². The van der Waals surface area contributed by atoms with E-state index in [0.29, 0.717) is 25.9 Å². The predicted molar refractivity (Wildman–Crippen MR) is 111 cm³/mol. The lowest BCUT2D eigenvalue weighted by Gasteiger charge is -2.36. The van der Waals surface area contributed by atoms with Gasteiger partial charge in [0.25, 0.3) is 0 Å². The molecule has 2 heterocycles. The van der Waals surface area contributed by atoms with E-state index in [4.69, 9.17) is 18.9 Å². The zero-order chi connectivity index (χ0) is 22.3. The highest BCUT2D eigenvalue weighted by atomic mass is 16.7. The lowest BCUT2D eigenvalue weighted by molar-refractivity contribution is -0.239. The standard InChI is InChI=1S/C22H42O8/c1-5-19-10-20(29-15(4)28-19)8-16(21(26)11-23)7-18(25)9-17(24)6-13(2)22-12-27-14(3)30-22/h13-26H,5-12H2,1-4H3. The molecule has 0 aliphatic carbocycles. The van der Waals surface area contributed by atoms with E-state index in [-0.39, 0.29) is 55.8 Å². The Morgan fingerprint density at radius 2 is 1.57 bits per heavy atom. The summed E-state index contributed by atoms with van der Waals surface area (Å²) in [7, 11) is 0. The second-order valence-corrected chi connectivity index (χ2v) is 9.04. The summed E-state index contributed by atoms with van der Waals surface area (Å²) in [5.74, 6) is -0.214. The zero-order valence-corrected chi connectivity index (χ0v) is 18.9. The maximum atomic E-state index is 10.6. The van der Waals surface area contributed by atoms with Crippen molar-refractivity contribution in [3.05, 3.63) is 0 Å². The molecule has 2 aliphatic heterocycles. The van der Waals surface area contributed by atoms with Crippen LogP contribution in [0, 0.1) is 11.8 Å². The molecule has 30 heavy (non-hydrogen) atoms. The lowest BCUT2D eigenvalue weighted by atomic mass is 9.86. The van der Waals surface area contributed by atoms with Crippen LogP contribution >= 0.6 is 0 Å². The van der Waals surface area contributed by atoms with Crippen LogP contribution in [0.2, 0.25) is 0 Å². The average Bonchev–Trinajstić information content (AvgIpc) is 3.12. The molecule has 0 aromatic carbocycles. The monoisotopic (exact) mass is 434 g/mol. The largest absolute Gasteiger partial charge is 0.394 e. The molecule has 0 aromatic rings. The Morgan fingerprint density at radius 3 is 2.17 bits per heavy atom. The Balaban J connectivity index is 1.82. The van der Waals surface area contributed by atoms with Gasteiger partial charge in [-0.2, -0.15) is 0 Å². The molecule has 2 aliphatic rings. The Hall–Kier alpha value is -0.320. The number of ether oxygens (including phenoxy) is 4. The van der Waals surface area contributed by atoms with Gasteiger partial charge in [-0.3, -0.25) is 0 Å². The first-order valence-electron chi connectivity index (χ1n) is 11.4. The maximum Gasteiger partial charge on any atom is 0.155 e. The van der Waals surface area contributed by atoms with Crippen molar-refractivity contribution in [2.24, 2.45) is 11.8 Å². The molecule has 178 valence electrons. The van der Waals surface area contributed by atoms with Gasteiger partial charge in [0.15, 0.2) is 12.6 Å². The predicted octanol–water partition coefficient (Wildman–Crippen LogP) is 1.57. The fourth-order valence-corrected chi connectivity index (χ4v) is 4.58. The second kappa shape index (κ2) is 12.6. The number of aliphatic hydroxyl groups is 4. The van der Waals surface area contributed by atoms with E-state index in [1.54, 1.807) is 0 Å². The molecule has 0 aromatic heterocycles. The van der Waals surface area contributed by atoms with E-state index in [1.165, 1.54) is 0 Å². The summed E-state index contributed by atoms with van der Waals surface area (Å²) < 4.78 is 22.7. The third kappa shape index (κ3) is 8.31. The van der Waals surface area contributed by atoms with Crippen LogP contribution in [-0.4, -0.2) is 82.8 Å². The fourth-order valence-electron chi connectivity index (χ4n) is 4.58. The lowest BCUT2D eigenvalue weighted by Crippen LogP contribution is -2.40. The normalized spacial score (nSPS) is 35.0. The highest BCUT2D eigenvalue weighted by Gasteiger charge is 2.33. The first kappa shape index (κ1) is 25.9. The van der Waals surface area contributed by atoms with Crippen molar-refractivity contribution in [3.63, 3.8) is 0 Å². The minimum absolute atomic E-state index is 0.0464. The van der Waals surface area contributed by atoms with Crippen LogP contribution in [0.4, 0.5) is 0 Å². The van der Waals surface area contributed by atoms with E-state index in [0.717, 1.165) is 12.8 Å². The van der Waals surface area contributed by atoms with Crippen molar-refractivity contribution < 1.29 is 39.4 Å². The van der Waals surface area contributed by atoms with Crippen LogP contribution < -0.4 is 0 Å². The molecule has 0 amide bonds. The zero-order valence-electron chi connectivity index (χ0n) is 18.9. The molecule has 0 saturated carbocycles. The molecular formula is C22H42O8. The summed E-state index contributed by atoms with van der Waals surface area (Å²) in [6, 6.07) is 0. The van der Waals surface area contributed by atoms with E-state index >= 15 is 0 Å². The topological polar surface area (TPSA) is 118 Å². The van der Waals surface area contributed by atoms with Gasteiger partial charge in [-0.25, -0.2) is 0 Å². The number of hydrogen-bond donors (Lipinski definition) is 4. The van der Waals surface area contributed by atoms with E-state index < -0.39 is 18.3 Å². The van der Waals surface area contributed by atoms with E-state index in [9.17, 15) is 20.4 Å². The Labute approximate surface area is 180 Å². The molecule has 10 atom stereocenters. The SMILES string of the molecule is CCC1CC(CC(CC(O)CC(O)CC(C)C2COC(C)O2)C(O)CO)OC(C)O1. The third-order valence-corrected chi connectivity index (χ3v) is 6.31. The molecule has 8 heteroatoms. The van der Waals surface area contributed by atoms with Gasteiger partial charge in [-0.05, 0) is 64.2 Å². The van der Waals surface area contributed by atoms with Crippen molar-refractivity contribution in [1.82, 2.24) is 0 Å². The Kier molecular flexibility index (Phi) is 10.9. The molecule has 8 nitrogen and oxygen atoms in total. The quantitative estimate of drug-likeness (QED) is 0.366. The van der Waals surface area contributed by atoms with Crippen LogP contribution in [0.15, 0.2) is 0 Å². The van der Waals surface area contributed by atoms with Gasteiger partial charge in [0.05, 0.1) is 49.8 Å². The van der Waals surface area contributed by atoms with Crippen molar-refractivity contribution in [3.8, 4) is 0 Å². The number of hydrogen-bond acceptors (Lipinski definition) is 8. The first-order chi connectivity index (χ1) is 14.2. The number of aliphatic hydroxyl groups excluding tert-OH is 4. The first-order valence-corrected chi connectivity index (χ1v) is 11.4. The third-order valence-electron chi connectivity index (χ3n) is 6.31. The molecular weight excluding hydrogens is 392 g/mol. The van der Waals surface area contributed by atoms with Crippen LogP contribution in [0.3, 0.4) is 0 Å². The molecule has 2 rings (SSSR count). The van der Waals surface area contributed by atoms with Crippen molar-refractivity contribution in [2.75, 3.05) is 13.2 Å². The van der Waals surface area contributed by atoms with Crippen LogP contribution in [0.25, 0.3) is 0 Å². The van der Waals surface area contributed by atoms with Gasteiger partial charge in [0, 0.05) is 0 Å². The smallest absolute Gasteiger partial charge is 0.155 e. The highest BCUT2D eigenvalue weighted by molar-refractivity contribution is 4.81. The summed E-state index contributed by atoms with van der Waals surface area (Å²) in [6.45, 7) is 7.93. The minimum Gasteiger partial charge on any atom is -0.394 e. The summed E-state index contributed by atoms with van der Waals surface area (Å²) in [5.41, 5.74) is 0. The Morgan fingerprint density at radius 1 is 0.900 bits per heavy atom. The molecule has 10 unspecified atom stereocenters. The summed E-state index contributed by atoms with van der Waals surface area (Å²) in [4.78, 5) is 0. The van der Waals surface area contributed by atoms with Crippen LogP contribution in [-0.2, 0) is 18.9 Å². The van der Waals surface area contributed by atoms with Crippen molar-refractivity contribution in [2.45, 2.75) is 115 Å². The molecule has 2 fully saturated rings. The van der Waals surface area contributed by atoms with Crippen molar-refractivity contribution >= 4 is 0 Å². The molecule has 2 saturated heterocycles. The second-order valence-electron chi connectivity index (χ2n) is 9.04. The minimum atomic E-state index is -0.942. The molecule has 0 radical (unpaired) electrons. The summed E-state index contributed by atoms with van der Waals surface area (Å²) in [5, 5.41) is 40.8. The molecule has 0 bridgehead atoms. The Bertz CT molecular complexity index is 478. The van der Waals surface area contributed by atoms with E-state index in [1.807, 2.05) is 20.8 Å².